The molecule has 0 fully saturated rings. The number of nitrogens with one attached hydrogen (secondary N) is 1. The Hall–Kier alpha value is -1.06. The molecule has 1 rings (SSSR count). The van der Waals surface area contributed by atoms with Gasteiger partial charge in [0.05, 0.1) is 11.6 Å². The van der Waals surface area contributed by atoms with Gasteiger partial charge in [-0.3, -0.25) is 0 Å². The molecule has 0 radical (unpaired) electrons. The molecule has 17 heavy (non-hydrogen) atoms. The summed E-state index contributed by atoms with van der Waals surface area (Å²) in [4.78, 5) is 4.13. The largest absolute Gasteiger partial charge is 0.477 e. The third kappa shape index (κ3) is 5.20. The Bertz CT molecular complexity index is 380. The fourth-order valence-electron chi connectivity index (χ4n) is 1.26. The van der Waals surface area contributed by atoms with Crippen LogP contribution < -0.4 is 10.1 Å². The predicted molar refractivity (Wildman–Crippen MR) is 71.6 cm³/mol. The zero-order chi connectivity index (χ0) is 12.7. The number of halogens is 1. The highest BCUT2D eigenvalue weighted by atomic mass is 35.5. The van der Waals surface area contributed by atoms with E-state index in [1.54, 1.807) is 6.20 Å². The van der Waals surface area contributed by atoms with Crippen molar-refractivity contribution in [3.8, 4) is 5.88 Å². The SMILES string of the molecule is C=C(C)CCOc1cc(CNCC)c(Cl)cn1. The van der Waals surface area contributed by atoms with Gasteiger partial charge in [0.2, 0.25) is 5.88 Å². The second kappa shape index (κ2) is 7.30. The third-order valence-electron chi connectivity index (χ3n) is 2.25. The van der Waals surface area contributed by atoms with Gasteiger partial charge in [-0.1, -0.05) is 24.1 Å². The topological polar surface area (TPSA) is 34.1 Å². The summed E-state index contributed by atoms with van der Waals surface area (Å²) in [5, 5.41) is 3.89. The number of hydrogen-bond acceptors (Lipinski definition) is 3. The molecule has 0 saturated carbocycles. The molecule has 1 heterocycles. The maximum Gasteiger partial charge on any atom is 0.213 e. The van der Waals surface area contributed by atoms with Crippen molar-refractivity contribution in [1.29, 1.82) is 0 Å². The first kappa shape index (κ1) is 14.0. The van der Waals surface area contributed by atoms with Gasteiger partial charge in [-0.15, -0.1) is 6.58 Å². The predicted octanol–water partition coefficient (Wildman–Crippen LogP) is 3.19. The van der Waals surface area contributed by atoms with Crippen molar-refractivity contribution in [2.45, 2.75) is 26.8 Å². The molecule has 1 aromatic heterocycles. The van der Waals surface area contributed by atoms with Gasteiger partial charge >= 0.3 is 0 Å². The number of ether oxygens (including phenoxy) is 1. The van der Waals surface area contributed by atoms with Crippen LogP contribution >= 0.6 is 11.6 Å². The van der Waals surface area contributed by atoms with E-state index < -0.39 is 0 Å². The highest BCUT2D eigenvalue weighted by molar-refractivity contribution is 6.31. The molecule has 1 N–H and O–H groups in total. The molecular weight excluding hydrogens is 236 g/mol. The Morgan fingerprint density at radius 2 is 2.35 bits per heavy atom. The first-order valence-electron chi connectivity index (χ1n) is 5.75. The minimum absolute atomic E-state index is 0.602. The summed E-state index contributed by atoms with van der Waals surface area (Å²) in [6.07, 6.45) is 2.47. The average Bonchev–Trinajstić information content (AvgIpc) is 2.29. The van der Waals surface area contributed by atoms with E-state index in [1.165, 1.54) is 0 Å². The number of pyridine rings is 1. The fourth-order valence-corrected chi connectivity index (χ4v) is 1.43. The lowest BCUT2D eigenvalue weighted by molar-refractivity contribution is 0.309. The standard InChI is InChI=1S/C13H19ClN2O/c1-4-15-8-11-7-13(16-9-12(11)14)17-6-5-10(2)3/h7,9,15H,2,4-6,8H2,1,3H3. The van der Waals surface area contributed by atoms with E-state index in [0.717, 1.165) is 30.6 Å². The molecule has 0 aliphatic rings. The minimum atomic E-state index is 0.602. The quantitative estimate of drug-likeness (QED) is 0.759. The summed E-state index contributed by atoms with van der Waals surface area (Å²) < 4.78 is 5.53. The Morgan fingerprint density at radius 3 is 3.00 bits per heavy atom. The Morgan fingerprint density at radius 1 is 1.59 bits per heavy atom. The van der Waals surface area contributed by atoms with E-state index in [2.05, 4.69) is 23.8 Å². The van der Waals surface area contributed by atoms with Crippen LogP contribution in [0.15, 0.2) is 24.4 Å². The van der Waals surface area contributed by atoms with E-state index in [0.29, 0.717) is 17.5 Å². The van der Waals surface area contributed by atoms with Gasteiger partial charge in [-0.05, 0) is 19.0 Å². The molecule has 94 valence electrons. The van der Waals surface area contributed by atoms with Gasteiger partial charge in [0.25, 0.3) is 0 Å². The molecule has 0 spiro atoms. The maximum atomic E-state index is 6.04. The first-order valence-corrected chi connectivity index (χ1v) is 6.13. The van der Waals surface area contributed by atoms with E-state index in [9.17, 15) is 0 Å². The van der Waals surface area contributed by atoms with Crippen LogP contribution in [0.2, 0.25) is 5.02 Å². The van der Waals surface area contributed by atoms with Crippen molar-refractivity contribution in [2.75, 3.05) is 13.2 Å². The fraction of sp³-hybridized carbons (Fsp3) is 0.462. The van der Waals surface area contributed by atoms with Gasteiger partial charge in [-0.2, -0.15) is 0 Å². The number of hydrogen-bond donors (Lipinski definition) is 1. The van der Waals surface area contributed by atoms with Crippen LogP contribution in [0.1, 0.15) is 25.8 Å². The molecule has 4 heteroatoms. The van der Waals surface area contributed by atoms with E-state index in [-0.39, 0.29) is 0 Å². The summed E-state index contributed by atoms with van der Waals surface area (Å²) in [6, 6.07) is 1.88. The summed E-state index contributed by atoms with van der Waals surface area (Å²) in [6.45, 7) is 10.1. The molecule has 0 bridgehead atoms. The first-order chi connectivity index (χ1) is 8.13. The lowest BCUT2D eigenvalue weighted by atomic mass is 10.2. The summed E-state index contributed by atoms with van der Waals surface area (Å²) in [5.74, 6) is 0.614. The number of nitrogens with zero attached hydrogens (tertiary/aromatic N) is 1. The van der Waals surface area contributed by atoms with Gasteiger partial charge < -0.3 is 10.1 Å². The summed E-state index contributed by atoms with van der Waals surface area (Å²) in [5.41, 5.74) is 2.11. The van der Waals surface area contributed by atoms with Crippen LogP contribution in [-0.2, 0) is 6.54 Å². The summed E-state index contributed by atoms with van der Waals surface area (Å²) in [7, 11) is 0. The lowest BCUT2D eigenvalue weighted by Gasteiger charge is -2.09. The van der Waals surface area contributed by atoms with Gasteiger partial charge in [0.15, 0.2) is 0 Å². The highest BCUT2D eigenvalue weighted by Crippen LogP contribution is 2.19. The Balaban J connectivity index is 2.58. The van der Waals surface area contributed by atoms with Crippen molar-refractivity contribution >= 4 is 11.6 Å². The van der Waals surface area contributed by atoms with Crippen LogP contribution in [-0.4, -0.2) is 18.1 Å². The normalized spacial score (nSPS) is 10.3. The molecule has 0 aliphatic heterocycles. The van der Waals surface area contributed by atoms with Crippen molar-refractivity contribution in [2.24, 2.45) is 0 Å². The Labute approximate surface area is 108 Å². The average molecular weight is 255 g/mol. The monoisotopic (exact) mass is 254 g/mol. The second-order valence-corrected chi connectivity index (χ2v) is 4.36. The molecule has 0 aromatic carbocycles. The van der Waals surface area contributed by atoms with E-state index >= 15 is 0 Å². The molecule has 0 saturated heterocycles. The van der Waals surface area contributed by atoms with Crippen LogP contribution in [0.5, 0.6) is 5.88 Å². The third-order valence-corrected chi connectivity index (χ3v) is 2.59. The highest BCUT2D eigenvalue weighted by Gasteiger charge is 2.03. The zero-order valence-corrected chi connectivity index (χ0v) is 11.2. The number of aromatic nitrogens is 1. The molecule has 0 aliphatic carbocycles. The molecule has 0 amide bonds. The number of rotatable bonds is 7. The van der Waals surface area contributed by atoms with Crippen LogP contribution in [0.25, 0.3) is 0 Å². The van der Waals surface area contributed by atoms with Crippen molar-refractivity contribution < 1.29 is 4.74 Å². The van der Waals surface area contributed by atoms with E-state index in [1.807, 2.05) is 13.0 Å². The van der Waals surface area contributed by atoms with Crippen molar-refractivity contribution in [3.63, 3.8) is 0 Å². The van der Waals surface area contributed by atoms with E-state index in [4.69, 9.17) is 16.3 Å². The maximum absolute atomic E-state index is 6.04. The smallest absolute Gasteiger partial charge is 0.213 e. The molecule has 0 unspecified atom stereocenters. The van der Waals surface area contributed by atoms with Crippen LogP contribution in [0.4, 0.5) is 0 Å². The Kier molecular flexibility index (Phi) is 6.01. The van der Waals surface area contributed by atoms with Crippen LogP contribution in [0.3, 0.4) is 0 Å². The lowest BCUT2D eigenvalue weighted by Crippen LogP contribution is -2.12. The van der Waals surface area contributed by atoms with Crippen molar-refractivity contribution in [1.82, 2.24) is 10.3 Å². The van der Waals surface area contributed by atoms with Gasteiger partial charge in [0.1, 0.15) is 0 Å². The molecular formula is C13H19ClN2O. The zero-order valence-electron chi connectivity index (χ0n) is 10.4. The molecule has 0 atom stereocenters. The van der Waals surface area contributed by atoms with Crippen molar-refractivity contribution in [3.05, 3.63) is 35.0 Å². The van der Waals surface area contributed by atoms with Gasteiger partial charge in [-0.25, -0.2) is 4.98 Å². The molecule has 3 nitrogen and oxygen atoms in total. The molecule has 1 aromatic rings. The second-order valence-electron chi connectivity index (χ2n) is 3.95. The summed E-state index contributed by atoms with van der Waals surface area (Å²) >= 11 is 6.04. The van der Waals surface area contributed by atoms with Crippen LogP contribution in [0, 0.1) is 0 Å². The minimum Gasteiger partial charge on any atom is -0.477 e. The van der Waals surface area contributed by atoms with Gasteiger partial charge in [0, 0.05) is 25.2 Å².